The molecule has 1 aromatic heterocycles. The average molecular weight is 493 g/mol. The lowest BCUT2D eigenvalue weighted by molar-refractivity contribution is 0.172. The molecule has 2 aromatic carbocycles. The highest BCUT2D eigenvalue weighted by molar-refractivity contribution is 6.05. The van der Waals surface area contributed by atoms with Crippen LogP contribution in [-0.4, -0.2) is 60.8 Å². The largest absolute Gasteiger partial charge is 0.493 e. The highest BCUT2D eigenvalue weighted by Gasteiger charge is 2.18. The van der Waals surface area contributed by atoms with Gasteiger partial charge in [0.2, 0.25) is 0 Å². The van der Waals surface area contributed by atoms with Crippen LogP contribution in [0.1, 0.15) is 30.4 Å². The van der Waals surface area contributed by atoms with Crippen LogP contribution in [-0.2, 0) is 0 Å². The Labute approximate surface area is 212 Å². The Morgan fingerprint density at radius 1 is 1.11 bits per heavy atom. The lowest BCUT2D eigenvalue weighted by Gasteiger charge is -2.31. The van der Waals surface area contributed by atoms with Crippen LogP contribution in [0.4, 0.5) is 16.3 Å². The fourth-order valence-electron chi connectivity index (χ4n) is 4.62. The smallest absolute Gasteiger partial charge is 0.324 e. The summed E-state index contributed by atoms with van der Waals surface area (Å²) in [5, 5.41) is 6.43. The first-order chi connectivity index (χ1) is 17.5. The van der Waals surface area contributed by atoms with Gasteiger partial charge in [-0.15, -0.1) is 0 Å². The molecule has 9 nitrogen and oxygen atoms in total. The van der Waals surface area contributed by atoms with Crippen LogP contribution in [0.15, 0.2) is 36.7 Å². The van der Waals surface area contributed by atoms with Crippen LogP contribution in [0.5, 0.6) is 11.5 Å². The number of aromatic nitrogens is 2. The average Bonchev–Trinajstić information content (AvgIpc) is 2.89. The number of urea groups is 1. The van der Waals surface area contributed by atoms with Gasteiger partial charge in [-0.2, -0.15) is 0 Å². The van der Waals surface area contributed by atoms with Gasteiger partial charge in [-0.05, 0) is 75.9 Å². The van der Waals surface area contributed by atoms with Crippen LogP contribution in [0.2, 0.25) is 0 Å². The molecular formula is C27H36N6O3. The molecule has 0 aliphatic carbocycles. The third-order valence-electron chi connectivity index (χ3n) is 6.79. The SMILES string of the molecule is COc1cc2c(NC(=O)Nc3c(C)cccc3C)ncnc2cc1OCCCN1CCC(CN)CC1. The van der Waals surface area contributed by atoms with E-state index in [1.54, 1.807) is 13.2 Å². The van der Waals surface area contributed by atoms with Gasteiger partial charge in [0.1, 0.15) is 12.1 Å². The molecule has 192 valence electrons. The summed E-state index contributed by atoms with van der Waals surface area (Å²) >= 11 is 0. The summed E-state index contributed by atoms with van der Waals surface area (Å²) in [6.07, 6.45) is 4.70. The predicted octanol–water partition coefficient (Wildman–Crippen LogP) is 4.34. The Morgan fingerprint density at radius 2 is 1.86 bits per heavy atom. The fourth-order valence-corrected chi connectivity index (χ4v) is 4.62. The molecule has 1 fully saturated rings. The molecule has 1 saturated heterocycles. The van der Waals surface area contributed by atoms with Crippen LogP contribution in [0, 0.1) is 19.8 Å². The molecule has 2 heterocycles. The van der Waals surface area contributed by atoms with Gasteiger partial charge in [-0.1, -0.05) is 18.2 Å². The number of carbonyl (C=O) groups is 1. The summed E-state index contributed by atoms with van der Waals surface area (Å²) in [5.74, 6) is 2.25. The zero-order valence-electron chi connectivity index (χ0n) is 21.3. The Kier molecular flexibility index (Phi) is 8.56. The van der Waals surface area contributed by atoms with E-state index >= 15 is 0 Å². The second-order valence-electron chi connectivity index (χ2n) is 9.31. The molecule has 2 amide bonds. The standard InChI is InChI=1S/C27H36N6O3/c1-18-6-4-7-19(2)25(18)31-27(34)32-26-21-14-23(35-3)24(15-22(21)29-17-30-26)36-13-5-10-33-11-8-20(16-28)9-12-33/h4,6-7,14-15,17,20H,5,8-13,16,28H2,1-3H3,(H2,29,30,31,32,34). The summed E-state index contributed by atoms with van der Waals surface area (Å²) in [4.78, 5) is 23.9. The van der Waals surface area contributed by atoms with Crippen molar-refractivity contribution in [3.63, 3.8) is 0 Å². The van der Waals surface area contributed by atoms with E-state index in [2.05, 4.69) is 25.5 Å². The number of piperidine rings is 1. The number of hydrogen-bond donors (Lipinski definition) is 3. The van der Waals surface area contributed by atoms with E-state index in [0.717, 1.165) is 49.4 Å². The number of carbonyl (C=O) groups excluding carboxylic acids is 1. The second kappa shape index (κ2) is 12.0. The minimum atomic E-state index is -0.373. The Morgan fingerprint density at radius 3 is 2.56 bits per heavy atom. The maximum Gasteiger partial charge on any atom is 0.324 e. The predicted molar refractivity (Wildman–Crippen MR) is 143 cm³/mol. The van der Waals surface area contributed by atoms with E-state index in [9.17, 15) is 4.79 Å². The number of rotatable bonds is 9. The molecule has 4 N–H and O–H groups in total. The van der Waals surface area contributed by atoms with Crippen molar-refractivity contribution in [1.29, 1.82) is 0 Å². The molecule has 1 aliphatic rings. The number of aryl methyl sites for hydroxylation is 2. The van der Waals surface area contributed by atoms with Crippen LogP contribution in [0.25, 0.3) is 10.9 Å². The zero-order valence-corrected chi connectivity index (χ0v) is 21.3. The number of para-hydroxylation sites is 1. The fraction of sp³-hybridized carbons (Fsp3) is 0.444. The topological polar surface area (TPSA) is 115 Å². The van der Waals surface area contributed by atoms with Crippen molar-refractivity contribution >= 4 is 28.4 Å². The molecule has 0 unspecified atom stereocenters. The van der Waals surface area contributed by atoms with Crippen molar-refractivity contribution in [1.82, 2.24) is 14.9 Å². The van der Waals surface area contributed by atoms with Crippen molar-refractivity contribution in [2.75, 3.05) is 50.5 Å². The van der Waals surface area contributed by atoms with Crippen LogP contribution in [0.3, 0.4) is 0 Å². The first kappa shape index (κ1) is 25.7. The molecule has 3 aromatic rings. The second-order valence-corrected chi connectivity index (χ2v) is 9.31. The van der Waals surface area contributed by atoms with Gasteiger partial charge < -0.3 is 25.4 Å². The van der Waals surface area contributed by atoms with Gasteiger partial charge >= 0.3 is 6.03 Å². The van der Waals surface area contributed by atoms with Gasteiger partial charge in [0, 0.05) is 23.7 Å². The van der Waals surface area contributed by atoms with Crippen molar-refractivity contribution in [2.24, 2.45) is 11.7 Å². The number of fused-ring (bicyclic) bond motifs is 1. The molecule has 36 heavy (non-hydrogen) atoms. The molecule has 0 saturated carbocycles. The highest BCUT2D eigenvalue weighted by atomic mass is 16.5. The lowest BCUT2D eigenvalue weighted by Crippen LogP contribution is -2.37. The number of hydrogen-bond acceptors (Lipinski definition) is 7. The van der Waals surface area contributed by atoms with E-state index in [1.165, 1.54) is 19.2 Å². The summed E-state index contributed by atoms with van der Waals surface area (Å²) in [5.41, 5.74) is 9.21. The zero-order chi connectivity index (χ0) is 25.5. The van der Waals surface area contributed by atoms with Crippen LogP contribution >= 0.6 is 0 Å². The third kappa shape index (κ3) is 6.22. The number of nitrogens with two attached hydrogens (primary N) is 1. The van der Waals surface area contributed by atoms with E-state index in [1.807, 2.05) is 38.1 Å². The first-order valence-electron chi connectivity index (χ1n) is 12.5. The molecular weight excluding hydrogens is 456 g/mol. The summed E-state index contributed by atoms with van der Waals surface area (Å²) in [6, 6.07) is 9.14. The first-order valence-corrected chi connectivity index (χ1v) is 12.5. The van der Waals surface area contributed by atoms with E-state index < -0.39 is 0 Å². The minimum absolute atomic E-state index is 0.373. The molecule has 0 spiro atoms. The lowest BCUT2D eigenvalue weighted by atomic mass is 9.97. The molecule has 0 bridgehead atoms. The number of nitrogens with zero attached hydrogens (tertiary/aromatic N) is 3. The van der Waals surface area contributed by atoms with Crippen LogP contribution < -0.4 is 25.8 Å². The van der Waals surface area contributed by atoms with E-state index in [4.69, 9.17) is 15.2 Å². The summed E-state index contributed by atoms with van der Waals surface area (Å²) in [6.45, 7) is 8.48. The molecule has 0 radical (unpaired) electrons. The Hall–Kier alpha value is -3.43. The van der Waals surface area contributed by atoms with Gasteiger partial charge in [0.25, 0.3) is 0 Å². The third-order valence-corrected chi connectivity index (χ3v) is 6.79. The Balaban J connectivity index is 1.40. The maximum atomic E-state index is 12.7. The van der Waals surface area contributed by atoms with Crippen molar-refractivity contribution in [3.8, 4) is 11.5 Å². The number of benzene rings is 2. The van der Waals surface area contributed by atoms with E-state index in [0.29, 0.717) is 40.7 Å². The highest BCUT2D eigenvalue weighted by Crippen LogP contribution is 2.34. The van der Waals surface area contributed by atoms with E-state index in [-0.39, 0.29) is 6.03 Å². The van der Waals surface area contributed by atoms with Gasteiger partial charge in [0.05, 0.1) is 19.2 Å². The molecule has 9 heteroatoms. The van der Waals surface area contributed by atoms with Gasteiger partial charge in [-0.25, -0.2) is 14.8 Å². The minimum Gasteiger partial charge on any atom is -0.493 e. The van der Waals surface area contributed by atoms with Gasteiger partial charge in [0.15, 0.2) is 11.5 Å². The normalized spacial score (nSPS) is 14.6. The van der Waals surface area contributed by atoms with Crippen molar-refractivity contribution in [3.05, 3.63) is 47.8 Å². The van der Waals surface area contributed by atoms with Crippen molar-refractivity contribution < 1.29 is 14.3 Å². The molecule has 4 rings (SSSR count). The van der Waals surface area contributed by atoms with Gasteiger partial charge in [-0.3, -0.25) is 5.32 Å². The quantitative estimate of drug-likeness (QED) is 0.381. The monoisotopic (exact) mass is 492 g/mol. The number of methoxy groups -OCH3 is 1. The molecule has 1 aliphatic heterocycles. The number of nitrogens with one attached hydrogen (secondary N) is 2. The molecule has 0 atom stereocenters. The number of amides is 2. The van der Waals surface area contributed by atoms with Crippen molar-refractivity contribution in [2.45, 2.75) is 33.1 Å². The summed E-state index contributed by atoms with van der Waals surface area (Å²) < 4.78 is 11.6. The number of likely N-dealkylation sites (tertiary alicyclic amines) is 1. The summed E-state index contributed by atoms with van der Waals surface area (Å²) in [7, 11) is 1.60. The maximum absolute atomic E-state index is 12.7. The number of ether oxygens (including phenoxy) is 2. The number of anilines is 2. The Bertz CT molecular complexity index is 1170.